The highest BCUT2D eigenvalue weighted by Crippen LogP contribution is 2.63. The Morgan fingerprint density at radius 1 is 0.429 bits per heavy atom. The van der Waals surface area contributed by atoms with E-state index in [1.165, 1.54) is 44.5 Å². The number of hydrogen-bond donors (Lipinski definition) is 1. The fourth-order valence-corrected chi connectivity index (χ4v) is 8.75. The number of nitrogens with zero attached hydrogens (tertiary/aromatic N) is 3. The second-order valence-corrected chi connectivity index (χ2v) is 14.3. The van der Waals surface area contributed by atoms with E-state index in [0.29, 0.717) is 18.2 Å². The molecule has 0 unspecified atom stereocenters. The molecule has 8 aromatic carbocycles. The van der Waals surface area contributed by atoms with Crippen molar-refractivity contribution in [2.75, 3.05) is 4.90 Å². The number of fused-ring (bicyclic) bond motifs is 10. The normalized spacial score (nSPS) is 13.5. The lowest BCUT2D eigenvalue weighted by atomic mass is 9.70. The van der Waals surface area contributed by atoms with Crippen molar-refractivity contribution in [1.29, 1.82) is 0 Å². The van der Waals surface area contributed by atoms with E-state index >= 15 is 0 Å². The Kier molecular flexibility index (Phi) is 8.23. The summed E-state index contributed by atoms with van der Waals surface area (Å²) in [5.74, 6) is 1.04. The zero-order valence-corrected chi connectivity index (χ0v) is 30.8. The molecule has 0 atom stereocenters. The van der Waals surface area contributed by atoms with E-state index in [1.54, 1.807) is 0 Å². The van der Waals surface area contributed by atoms with Gasteiger partial charge in [-0.2, -0.15) is 0 Å². The fraction of sp³-hybridized carbons (Fsp3) is 0.0385. The molecule has 8 aromatic rings. The van der Waals surface area contributed by atoms with Crippen LogP contribution in [-0.2, 0) is 12.0 Å². The van der Waals surface area contributed by atoms with Crippen LogP contribution < -0.4 is 10.6 Å². The monoisotopic (exact) mass is 718 g/mol. The molecule has 2 aliphatic carbocycles. The van der Waals surface area contributed by atoms with Gasteiger partial charge in [0.2, 0.25) is 0 Å². The molecular weight excluding hydrogens is 681 g/mol. The summed E-state index contributed by atoms with van der Waals surface area (Å²) in [5, 5.41) is 0. The standard InChI is InChI=1S/C52H38N4/c53-50(37-17-5-1-6-18-37)55-51(38-19-7-2-8-20-38)54-35-36-29-31-44-45-32-30-41(56(39-21-9-3-10-22-39)40-23-11-4-12-24-40)34-49(45)52(48(44)33-36)46-27-15-13-25-42(46)43-26-14-16-28-47(43)52/h1-34H,35H2,(H2,53,54,55). The predicted molar refractivity (Wildman–Crippen MR) is 231 cm³/mol. The molecule has 0 amide bonds. The Labute approximate surface area is 327 Å². The van der Waals surface area contributed by atoms with E-state index in [4.69, 9.17) is 15.7 Å². The predicted octanol–water partition coefficient (Wildman–Crippen LogP) is 11.9. The van der Waals surface area contributed by atoms with Crippen LogP contribution in [0.4, 0.5) is 17.1 Å². The van der Waals surface area contributed by atoms with Gasteiger partial charge in [-0.3, -0.25) is 4.99 Å². The van der Waals surface area contributed by atoms with Crippen LogP contribution in [0.1, 0.15) is 38.9 Å². The Morgan fingerprint density at radius 2 is 0.893 bits per heavy atom. The van der Waals surface area contributed by atoms with Crippen LogP contribution in [0.15, 0.2) is 216 Å². The van der Waals surface area contributed by atoms with Gasteiger partial charge in [-0.15, -0.1) is 0 Å². The number of hydrogen-bond acceptors (Lipinski definition) is 2. The maximum absolute atomic E-state index is 6.57. The topological polar surface area (TPSA) is 54.0 Å². The molecule has 56 heavy (non-hydrogen) atoms. The van der Waals surface area contributed by atoms with Crippen LogP contribution in [-0.4, -0.2) is 11.7 Å². The first-order valence-electron chi connectivity index (χ1n) is 19.1. The largest absolute Gasteiger partial charge is 0.383 e. The Bertz CT molecular complexity index is 2690. The lowest BCUT2D eigenvalue weighted by molar-refractivity contribution is 0.791. The van der Waals surface area contributed by atoms with Crippen molar-refractivity contribution in [3.8, 4) is 22.3 Å². The van der Waals surface area contributed by atoms with Gasteiger partial charge in [0.1, 0.15) is 5.84 Å². The van der Waals surface area contributed by atoms with Gasteiger partial charge in [0.15, 0.2) is 5.84 Å². The molecule has 4 nitrogen and oxygen atoms in total. The SMILES string of the molecule is NC(=NC(=NCc1ccc2c(c1)C1(c3ccccc3-c3ccccc31)c1cc(N(c3ccccc3)c3ccccc3)ccc1-2)c1ccccc1)c1ccccc1. The third kappa shape index (κ3) is 5.46. The second-order valence-electron chi connectivity index (χ2n) is 14.3. The average molecular weight is 719 g/mol. The van der Waals surface area contributed by atoms with Gasteiger partial charge >= 0.3 is 0 Å². The average Bonchev–Trinajstić information content (AvgIpc) is 3.73. The molecule has 2 aliphatic rings. The molecule has 1 spiro atoms. The van der Waals surface area contributed by atoms with Crippen molar-refractivity contribution >= 4 is 28.7 Å². The molecule has 2 N–H and O–H groups in total. The molecule has 0 aromatic heterocycles. The molecule has 0 radical (unpaired) electrons. The summed E-state index contributed by atoms with van der Waals surface area (Å²) in [6, 6.07) is 73.1. The summed E-state index contributed by atoms with van der Waals surface area (Å²) in [4.78, 5) is 12.4. The second kappa shape index (κ2) is 13.8. The number of anilines is 3. The van der Waals surface area contributed by atoms with E-state index in [0.717, 1.165) is 33.8 Å². The van der Waals surface area contributed by atoms with Crippen molar-refractivity contribution in [1.82, 2.24) is 0 Å². The van der Waals surface area contributed by atoms with Crippen LogP contribution in [0.5, 0.6) is 0 Å². The quantitative estimate of drug-likeness (QED) is 0.132. The summed E-state index contributed by atoms with van der Waals surface area (Å²) in [6.07, 6.45) is 0. The van der Waals surface area contributed by atoms with E-state index in [9.17, 15) is 0 Å². The molecule has 0 saturated carbocycles. The maximum Gasteiger partial charge on any atom is 0.157 e. The molecule has 4 heteroatoms. The van der Waals surface area contributed by atoms with Crippen LogP contribution in [0.2, 0.25) is 0 Å². The highest BCUT2D eigenvalue weighted by Gasteiger charge is 2.51. The molecule has 0 bridgehead atoms. The zero-order valence-electron chi connectivity index (χ0n) is 30.8. The van der Waals surface area contributed by atoms with Crippen LogP contribution in [0.25, 0.3) is 22.3 Å². The van der Waals surface area contributed by atoms with E-state index in [-0.39, 0.29) is 0 Å². The lowest BCUT2D eigenvalue weighted by Gasteiger charge is -2.32. The number of rotatable bonds is 7. The molecule has 10 rings (SSSR count). The van der Waals surface area contributed by atoms with Gasteiger partial charge in [-0.25, -0.2) is 4.99 Å². The summed E-state index contributed by atoms with van der Waals surface area (Å²) in [7, 11) is 0. The first-order chi connectivity index (χ1) is 27.7. The van der Waals surface area contributed by atoms with Gasteiger partial charge < -0.3 is 10.6 Å². The van der Waals surface area contributed by atoms with Gasteiger partial charge in [-0.05, 0) is 86.5 Å². The smallest absolute Gasteiger partial charge is 0.157 e. The van der Waals surface area contributed by atoms with Crippen molar-refractivity contribution in [3.63, 3.8) is 0 Å². The van der Waals surface area contributed by atoms with E-state index in [1.807, 2.05) is 60.7 Å². The summed E-state index contributed by atoms with van der Waals surface area (Å²) in [5.41, 5.74) is 22.5. The third-order valence-electron chi connectivity index (χ3n) is 11.2. The molecule has 0 fully saturated rings. The van der Waals surface area contributed by atoms with Gasteiger partial charge in [0, 0.05) is 28.2 Å². The maximum atomic E-state index is 6.57. The first-order valence-corrected chi connectivity index (χ1v) is 19.1. The highest BCUT2D eigenvalue weighted by molar-refractivity contribution is 6.11. The van der Waals surface area contributed by atoms with Gasteiger partial charge in [0.25, 0.3) is 0 Å². The summed E-state index contributed by atoms with van der Waals surface area (Å²) < 4.78 is 0. The van der Waals surface area contributed by atoms with Crippen LogP contribution in [0, 0.1) is 0 Å². The number of benzene rings is 8. The lowest BCUT2D eigenvalue weighted by Crippen LogP contribution is -2.26. The van der Waals surface area contributed by atoms with Crippen molar-refractivity contribution in [2.45, 2.75) is 12.0 Å². The Morgan fingerprint density at radius 3 is 1.48 bits per heavy atom. The highest BCUT2D eigenvalue weighted by atomic mass is 15.1. The fourth-order valence-electron chi connectivity index (χ4n) is 8.75. The molecule has 0 saturated heterocycles. The van der Waals surface area contributed by atoms with Crippen LogP contribution in [0.3, 0.4) is 0 Å². The van der Waals surface area contributed by atoms with E-state index in [2.05, 4.69) is 150 Å². The third-order valence-corrected chi connectivity index (χ3v) is 11.2. The Balaban J connectivity index is 1.16. The number of nitrogens with two attached hydrogens (primary N) is 1. The molecular formula is C52H38N4. The summed E-state index contributed by atoms with van der Waals surface area (Å²) >= 11 is 0. The minimum absolute atomic E-state index is 0.437. The molecule has 0 heterocycles. The summed E-state index contributed by atoms with van der Waals surface area (Å²) in [6.45, 7) is 0.444. The molecule has 266 valence electrons. The van der Waals surface area contributed by atoms with Crippen molar-refractivity contribution in [3.05, 3.63) is 245 Å². The minimum Gasteiger partial charge on any atom is -0.383 e. The van der Waals surface area contributed by atoms with Crippen molar-refractivity contribution < 1.29 is 0 Å². The molecule has 0 aliphatic heterocycles. The number of aliphatic imine (C=N–C) groups is 2. The number of para-hydroxylation sites is 2. The van der Waals surface area contributed by atoms with Gasteiger partial charge in [0.05, 0.1) is 12.0 Å². The first kappa shape index (κ1) is 33.3. The minimum atomic E-state index is -0.523. The zero-order chi connectivity index (χ0) is 37.5. The van der Waals surface area contributed by atoms with Crippen LogP contribution >= 0.6 is 0 Å². The van der Waals surface area contributed by atoms with Gasteiger partial charge in [-0.1, -0.05) is 170 Å². The van der Waals surface area contributed by atoms with Crippen molar-refractivity contribution in [2.24, 2.45) is 15.7 Å². The van der Waals surface area contributed by atoms with E-state index < -0.39 is 5.41 Å². The Hall–Kier alpha value is -7.30. The number of amidine groups is 2.